The number of nitrogens with two attached hydrogens (primary N) is 1. The van der Waals surface area contributed by atoms with E-state index in [0.717, 1.165) is 10.0 Å². The Balaban J connectivity index is 2.14. The molecular weight excluding hydrogens is 472 g/mol. The maximum absolute atomic E-state index is 12.2. The Morgan fingerprint density at radius 1 is 1.03 bits per heavy atom. The first-order valence-electron chi connectivity index (χ1n) is 8.81. The van der Waals surface area contributed by atoms with E-state index in [1.807, 2.05) is 24.3 Å². The summed E-state index contributed by atoms with van der Waals surface area (Å²) in [6.45, 7) is 0.169. The van der Waals surface area contributed by atoms with Gasteiger partial charge in [-0.15, -0.1) is 0 Å². The lowest BCUT2D eigenvalue weighted by molar-refractivity contribution is 0.0695. The number of carbonyl (C=O) groups is 2. The van der Waals surface area contributed by atoms with Gasteiger partial charge >= 0.3 is 11.9 Å². The molecule has 0 fully saturated rings. The average Bonchev–Trinajstić information content (AvgIpc) is 2.71. The molecule has 1 aromatic heterocycles. The highest BCUT2D eigenvalue weighted by Crippen LogP contribution is 2.36. The molecule has 0 atom stereocenters. The van der Waals surface area contributed by atoms with Crippen LogP contribution in [0.3, 0.4) is 0 Å². The van der Waals surface area contributed by atoms with Gasteiger partial charge in [-0.2, -0.15) is 0 Å². The van der Waals surface area contributed by atoms with Crippen LogP contribution in [-0.2, 0) is 6.61 Å². The Hall–Kier alpha value is -3.79. The van der Waals surface area contributed by atoms with E-state index in [9.17, 15) is 24.6 Å². The van der Waals surface area contributed by atoms with E-state index in [2.05, 4.69) is 20.9 Å². The lowest BCUT2D eigenvalue weighted by Gasteiger charge is -2.15. The largest absolute Gasteiger partial charge is 0.493 e. The molecule has 0 amide bonds. The molecular formula is C21H17BrN2O7. The molecule has 0 saturated heterocycles. The number of nitrogen functional groups attached to an aromatic ring is 1. The minimum absolute atomic E-state index is 0.124. The molecule has 0 aliphatic carbocycles. The van der Waals surface area contributed by atoms with E-state index in [1.54, 1.807) is 0 Å². The van der Waals surface area contributed by atoms with Crippen LogP contribution in [0.4, 0.5) is 5.82 Å². The lowest BCUT2D eigenvalue weighted by Crippen LogP contribution is -2.24. The van der Waals surface area contributed by atoms with Crippen molar-refractivity contribution in [1.82, 2.24) is 4.98 Å². The van der Waals surface area contributed by atoms with E-state index < -0.39 is 34.4 Å². The number of pyridine rings is 1. The van der Waals surface area contributed by atoms with Gasteiger partial charge in [0.25, 0.3) is 5.56 Å². The molecule has 5 N–H and O–H groups in total. The lowest BCUT2D eigenvalue weighted by atomic mass is 9.95. The van der Waals surface area contributed by atoms with Crippen molar-refractivity contribution in [3.63, 3.8) is 0 Å². The number of hydrogen-bond acceptors (Lipinski definition) is 6. The second kappa shape index (κ2) is 8.92. The predicted octanol–water partition coefficient (Wildman–Crippen LogP) is 3.37. The Kier molecular flexibility index (Phi) is 6.30. The van der Waals surface area contributed by atoms with E-state index in [-0.39, 0.29) is 23.5 Å². The summed E-state index contributed by atoms with van der Waals surface area (Å²) in [4.78, 5) is 37.8. The second-order valence-corrected chi connectivity index (χ2v) is 7.30. The number of nitrogens with one attached hydrogen (secondary N) is 1. The standard InChI is InChI=1S/C21H17BrN2O7/c1-30-13-7-4-11(8-14(13)31-9-10-2-5-12(22)6-3-10)15-16(20(26)27)18(23)24-19(25)17(15)21(28)29/h2-8H,9H2,1H3,(H,26,27)(H,28,29)(H3,23,24,25). The van der Waals surface area contributed by atoms with E-state index in [1.165, 1.54) is 25.3 Å². The molecule has 160 valence electrons. The van der Waals surface area contributed by atoms with Gasteiger partial charge in [-0.3, -0.25) is 4.79 Å². The summed E-state index contributed by atoms with van der Waals surface area (Å²) in [7, 11) is 1.43. The fourth-order valence-electron chi connectivity index (χ4n) is 3.02. The van der Waals surface area contributed by atoms with Gasteiger partial charge < -0.3 is 30.4 Å². The summed E-state index contributed by atoms with van der Waals surface area (Å²) < 4.78 is 12.0. The highest BCUT2D eigenvalue weighted by atomic mass is 79.9. The van der Waals surface area contributed by atoms with Crippen LogP contribution in [0.2, 0.25) is 0 Å². The Morgan fingerprint density at radius 3 is 2.26 bits per heavy atom. The number of carboxylic acid groups (broad SMARTS) is 2. The zero-order chi connectivity index (χ0) is 22.7. The van der Waals surface area contributed by atoms with Gasteiger partial charge in [-0.25, -0.2) is 9.59 Å². The van der Waals surface area contributed by atoms with Crippen molar-refractivity contribution in [2.24, 2.45) is 0 Å². The van der Waals surface area contributed by atoms with Crippen LogP contribution in [0.5, 0.6) is 11.5 Å². The molecule has 31 heavy (non-hydrogen) atoms. The number of aromatic carboxylic acids is 2. The van der Waals surface area contributed by atoms with Crippen LogP contribution in [0.25, 0.3) is 11.1 Å². The number of halogens is 1. The molecule has 0 aliphatic rings. The average molecular weight is 489 g/mol. The van der Waals surface area contributed by atoms with Gasteiger partial charge in [-0.05, 0) is 35.4 Å². The van der Waals surface area contributed by atoms with E-state index in [0.29, 0.717) is 5.75 Å². The second-order valence-electron chi connectivity index (χ2n) is 6.38. The molecule has 0 bridgehead atoms. The number of benzene rings is 2. The molecule has 0 spiro atoms. The van der Waals surface area contributed by atoms with E-state index >= 15 is 0 Å². The molecule has 3 rings (SSSR count). The normalized spacial score (nSPS) is 10.5. The van der Waals surface area contributed by atoms with Crippen LogP contribution >= 0.6 is 15.9 Å². The number of anilines is 1. The number of aromatic amines is 1. The van der Waals surface area contributed by atoms with Gasteiger partial charge in [0.15, 0.2) is 11.5 Å². The van der Waals surface area contributed by atoms with Crippen LogP contribution in [0.1, 0.15) is 26.3 Å². The van der Waals surface area contributed by atoms with Crippen molar-refractivity contribution in [2.45, 2.75) is 6.61 Å². The first kappa shape index (κ1) is 21.9. The Bertz CT molecular complexity index is 1220. The molecule has 0 saturated carbocycles. The van der Waals surface area contributed by atoms with Crippen molar-refractivity contribution in [3.05, 3.63) is 74.0 Å². The Labute approximate surface area is 184 Å². The van der Waals surface area contributed by atoms with Crippen molar-refractivity contribution in [1.29, 1.82) is 0 Å². The SMILES string of the molecule is COc1ccc(-c2c(C(=O)O)c(N)[nH]c(=O)c2C(=O)O)cc1OCc1ccc(Br)cc1. The monoisotopic (exact) mass is 488 g/mol. The van der Waals surface area contributed by atoms with Crippen LogP contribution < -0.4 is 20.8 Å². The summed E-state index contributed by atoms with van der Waals surface area (Å²) in [6.07, 6.45) is 0. The molecule has 0 aliphatic heterocycles. The van der Waals surface area contributed by atoms with Crippen molar-refractivity contribution < 1.29 is 29.3 Å². The Morgan fingerprint density at radius 2 is 1.68 bits per heavy atom. The summed E-state index contributed by atoms with van der Waals surface area (Å²) in [6, 6.07) is 11.7. The van der Waals surface area contributed by atoms with Crippen LogP contribution in [0, 0.1) is 0 Å². The minimum Gasteiger partial charge on any atom is -0.493 e. The maximum atomic E-state index is 12.2. The van der Waals surface area contributed by atoms with Crippen molar-refractivity contribution >= 4 is 33.7 Å². The highest BCUT2D eigenvalue weighted by molar-refractivity contribution is 9.10. The number of ether oxygens (including phenoxy) is 2. The molecule has 9 nitrogen and oxygen atoms in total. The van der Waals surface area contributed by atoms with Crippen molar-refractivity contribution in [3.8, 4) is 22.6 Å². The van der Waals surface area contributed by atoms with Gasteiger partial charge in [-0.1, -0.05) is 34.1 Å². The van der Waals surface area contributed by atoms with E-state index in [4.69, 9.17) is 15.2 Å². The zero-order valence-electron chi connectivity index (χ0n) is 16.1. The smallest absolute Gasteiger partial charge is 0.342 e. The zero-order valence-corrected chi connectivity index (χ0v) is 17.7. The molecule has 10 heteroatoms. The van der Waals surface area contributed by atoms with Crippen LogP contribution in [-0.4, -0.2) is 34.2 Å². The summed E-state index contributed by atoms with van der Waals surface area (Å²) in [5.41, 5.74) is 4.06. The predicted molar refractivity (Wildman–Crippen MR) is 116 cm³/mol. The number of hydrogen-bond donors (Lipinski definition) is 4. The van der Waals surface area contributed by atoms with Gasteiger partial charge in [0.1, 0.15) is 23.6 Å². The summed E-state index contributed by atoms with van der Waals surface area (Å²) in [5, 5.41) is 19.1. The first-order chi connectivity index (χ1) is 14.7. The number of rotatable bonds is 7. The summed E-state index contributed by atoms with van der Waals surface area (Å²) >= 11 is 3.35. The van der Waals surface area contributed by atoms with Crippen LogP contribution in [0.15, 0.2) is 51.7 Å². The molecule has 3 aromatic rings. The molecule has 2 aromatic carbocycles. The number of aromatic nitrogens is 1. The third kappa shape index (κ3) is 4.53. The number of H-pyrrole nitrogens is 1. The fraction of sp³-hybridized carbons (Fsp3) is 0.0952. The fourth-order valence-corrected chi connectivity index (χ4v) is 3.29. The number of carboxylic acids is 2. The highest BCUT2D eigenvalue weighted by Gasteiger charge is 2.27. The molecule has 0 unspecified atom stereocenters. The van der Waals surface area contributed by atoms with Gasteiger partial charge in [0.2, 0.25) is 0 Å². The third-order valence-corrected chi connectivity index (χ3v) is 4.96. The number of methoxy groups -OCH3 is 1. The third-order valence-electron chi connectivity index (χ3n) is 4.43. The first-order valence-corrected chi connectivity index (χ1v) is 9.60. The summed E-state index contributed by atoms with van der Waals surface area (Å²) in [5.74, 6) is -2.96. The molecule has 1 heterocycles. The quantitative estimate of drug-likeness (QED) is 0.394. The van der Waals surface area contributed by atoms with Gasteiger partial charge in [0.05, 0.1) is 7.11 Å². The van der Waals surface area contributed by atoms with Gasteiger partial charge in [0, 0.05) is 10.0 Å². The topological polar surface area (TPSA) is 152 Å². The van der Waals surface area contributed by atoms with Crippen molar-refractivity contribution in [2.75, 3.05) is 12.8 Å². The minimum atomic E-state index is -1.59. The molecule has 0 radical (unpaired) electrons. The maximum Gasteiger partial charge on any atom is 0.342 e.